The lowest BCUT2D eigenvalue weighted by Gasteiger charge is -2.42. The van der Waals surface area contributed by atoms with Crippen molar-refractivity contribution < 1.29 is 4.42 Å². The van der Waals surface area contributed by atoms with Crippen molar-refractivity contribution >= 4 is 0 Å². The van der Waals surface area contributed by atoms with Crippen LogP contribution in [0, 0.1) is 0 Å². The van der Waals surface area contributed by atoms with Crippen LogP contribution >= 0.6 is 0 Å². The molecule has 0 aliphatic carbocycles. The number of rotatable bonds is 4. The molecule has 1 N–H and O–H groups in total. The molecule has 1 aliphatic rings. The summed E-state index contributed by atoms with van der Waals surface area (Å²) in [5, 5.41) is 3.15. The second-order valence-electron chi connectivity index (χ2n) is 6.33. The molecule has 1 aromatic rings. The molecule has 0 aromatic carbocycles. The van der Waals surface area contributed by atoms with E-state index in [2.05, 4.69) is 42.0 Å². The van der Waals surface area contributed by atoms with Gasteiger partial charge >= 0.3 is 0 Å². The summed E-state index contributed by atoms with van der Waals surface area (Å²) >= 11 is 0. The van der Waals surface area contributed by atoms with Crippen LogP contribution in [0.1, 0.15) is 32.1 Å². The van der Waals surface area contributed by atoms with Crippen LogP contribution in [0.25, 0.3) is 0 Å². The van der Waals surface area contributed by atoms with Crippen LogP contribution < -0.4 is 5.32 Å². The predicted molar refractivity (Wildman–Crippen MR) is 78.1 cm³/mol. The van der Waals surface area contributed by atoms with Gasteiger partial charge in [-0.3, -0.25) is 9.80 Å². The number of nitrogens with zero attached hydrogens (tertiary/aromatic N) is 2. The third kappa shape index (κ3) is 3.81. The van der Waals surface area contributed by atoms with Gasteiger partial charge in [-0.25, -0.2) is 0 Å². The van der Waals surface area contributed by atoms with Crippen molar-refractivity contribution in [2.75, 3.05) is 33.2 Å². The fraction of sp³-hybridized carbons (Fsp3) is 0.733. The molecular weight excluding hydrogens is 238 g/mol. The molecule has 4 heteroatoms. The van der Waals surface area contributed by atoms with E-state index in [0.717, 1.165) is 45.0 Å². The Bertz CT molecular complexity index is 386. The third-order valence-electron chi connectivity index (χ3n) is 3.89. The lowest BCUT2D eigenvalue weighted by molar-refractivity contribution is 0.0588. The second-order valence-corrected chi connectivity index (χ2v) is 6.33. The van der Waals surface area contributed by atoms with E-state index in [9.17, 15) is 0 Å². The minimum absolute atomic E-state index is 0.291. The molecule has 1 aromatic heterocycles. The van der Waals surface area contributed by atoms with Crippen molar-refractivity contribution in [2.24, 2.45) is 0 Å². The normalized spacial score (nSPS) is 18.9. The van der Waals surface area contributed by atoms with Gasteiger partial charge in [0, 0.05) is 43.8 Å². The van der Waals surface area contributed by atoms with E-state index in [0.29, 0.717) is 5.54 Å². The Hall–Kier alpha value is -0.840. The standard InChI is InChI=1S/C15H27N3O/c1-15(2,3)18-8-6-17(7-9-18)12-13-5-10-19-14(13)11-16-4/h5,10,16H,6-9,11-12H2,1-4H3. The van der Waals surface area contributed by atoms with Gasteiger partial charge in [0.2, 0.25) is 0 Å². The van der Waals surface area contributed by atoms with Gasteiger partial charge in [-0.05, 0) is 33.9 Å². The molecule has 1 aliphatic heterocycles. The van der Waals surface area contributed by atoms with E-state index in [1.165, 1.54) is 5.56 Å². The van der Waals surface area contributed by atoms with E-state index in [4.69, 9.17) is 4.42 Å². The highest BCUT2D eigenvalue weighted by atomic mass is 16.3. The number of furan rings is 1. The Balaban J connectivity index is 1.87. The van der Waals surface area contributed by atoms with Gasteiger partial charge < -0.3 is 9.73 Å². The molecule has 4 nitrogen and oxygen atoms in total. The zero-order valence-electron chi connectivity index (χ0n) is 12.7. The van der Waals surface area contributed by atoms with Gasteiger partial charge in [-0.15, -0.1) is 0 Å². The molecule has 2 rings (SSSR count). The number of hydrogen-bond donors (Lipinski definition) is 1. The summed E-state index contributed by atoms with van der Waals surface area (Å²) in [6.45, 7) is 13.3. The highest BCUT2D eigenvalue weighted by molar-refractivity contribution is 5.17. The molecule has 0 unspecified atom stereocenters. The van der Waals surface area contributed by atoms with Gasteiger partial charge in [0.1, 0.15) is 5.76 Å². The van der Waals surface area contributed by atoms with E-state index < -0.39 is 0 Å². The van der Waals surface area contributed by atoms with Crippen molar-refractivity contribution in [3.8, 4) is 0 Å². The Morgan fingerprint density at radius 1 is 1.21 bits per heavy atom. The zero-order chi connectivity index (χ0) is 13.9. The Kier molecular flexibility index (Phi) is 4.66. The summed E-state index contributed by atoms with van der Waals surface area (Å²) in [7, 11) is 1.95. The maximum Gasteiger partial charge on any atom is 0.122 e. The SMILES string of the molecule is CNCc1occc1CN1CCN(C(C)(C)C)CC1. The van der Waals surface area contributed by atoms with E-state index in [-0.39, 0.29) is 0 Å². The van der Waals surface area contributed by atoms with Crippen LogP contribution in [-0.2, 0) is 13.1 Å². The zero-order valence-corrected chi connectivity index (χ0v) is 12.7. The van der Waals surface area contributed by atoms with E-state index in [1.807, 2.05) is 7.05 Å². The maximum atomic E-state index is 5.52. The summed E-state index contributed by atoms with van der Waals surface area (Å²) in [6.07, 6.45) is 1.80. The first kappa shape index (κ1) is 14.6. The molecule has 0 bridgehead atoms. The van der Waals surface area contributed by atoms with Crippen molar-refractivity contribution in [1.82, 2.24) is 15.1 Å². The van der Waals surface area contributed by atoms with Crippen LogP contribution in [0.15, 0.2) is 16.7 Å². The molecule has 1 fully saturated rings. The minimum Gasteiger partial charge on any atom is -0.468 e. The molecule has 108 valence electrons. The lowest BCUT2D eigenvalue weighted by Crippen LogP contribution is -2.53. The number of piperazine rings is 1. The molecule has 0 radical (unpaired) electrons. The minimum atomic E-state index is 0.291. The van der Waals surface area contributed by atoms with Crippen molar-refractivity contribution in [3.63, 3.8) is 0 Å². The monoisotopic (exact) mass is 265 g/mol. The van der Waals surface area contributed by atoms with Gasteiger partial charge in [0.05, 0.1) is 12.8 Å². The lowest BCUT2D eigenvalue weighted by atomic mass is 10.0. The number of nitrogens with one attached hydrogen (secondary N) is 1. The topological polar surface area (TPSA) is 31.7 Å². The molecule has 0 saturated carbocycles. The molecule has 0 spiro atoms. The molecule has 19 heavy (non-hydrogen) atoms. The van der Waals surface area contributed by atoms with E-state index in [1.54, 1.807) is 6.26 Å². The van der Waals surface area contributed by atoms with Crippen LogP contribution in [0.5, 0.6) is 0 Å². The average molecular weight is 265 g/mol. The highest BCUT2D eigenvalue weighted by Crippen LogP contribution is 2.18. The predicted octanol–water partition coefficient (Wildman–Crippen LogP) is 1.92. The van der Waals surface area contributed by atoms with Crippen molar-refractivity contribution in [1.29, 1.82) is 0 Å². The van der Waals surface area contributed by atoms with Gasteiger partial charge in [-0.2, -0.15) is 0 Å². The van der Waals surface area contributed by atoms with Crippen LogP contribution in [0.4, 0.5) is 0 Å². The Labute approximate surface area is 116 Å². The third-order valence-corrected chi connectivity index (χ3v) is 3.89. The first-order chi connectivity index (χ1) is 9.00. The number of hydrogen-bond acceptors (Lipinski definition) is 4. The highest BCUT2D eigenvalue weighted by Gasteiger charge is 2.26. The maximum absolute atomic E-state index is 5.52. The van der Waals surface area contributed by atoms with E-state index >= 15 is 0 Å². The summed E-state index contributed by atoms with van der Waals surface area (Å²) in [5.41, 5.74) is 1.61. The average Bonchev–Trinajstić information content (AvgIpc) is 2.77. The summed E-state index contributed by atoms with van der Waals surface area (Å²) in [6, 6.07) is 2.10. The molecule has 0 amide bonds. The van der Waals surface area contributed by atoms with Crippen molar-refractivity contribution in [2.45, 2.75) is 39.4 Å². The van der Waals surface area contributed by atoms with Crippen LogP contribution in [-0.4, -0.2) is 48.6 Å². The first-order valence-electron chi connectivity index (χ1n) is 7.18. The fourth-order valence-corrected chi connectivity index (χ4v) is 2.64. The van der Waals surface area contributed by atoms with Crippen molar-refractivity contribution in [3.05, 3.63) is 23.7 Å². The van der Waals surface area contributed by atoms with Gasteiger partial charge in [-0.1, -0.05) is 0 Å². The van der Waals surface area contributed by atoms with Gasteiger partial charge in [0.15, 0.2) is 0 Å². The quantitative estimate of drug-likeness (QED) is 0.901. The largest absolute Gasteiger partial charge is 0.468 e. The summed E-state index contributed by atoms with van der Waals surface area (Å²) < 4.78 is 5.52. The van der Waals surface area contributed by atoms with Crippen LogP contribution in [0.3, 0.4) is 0 Å². The Morgan fingerprint density at radius 3 is 2.47 bits per heavy atom. The smallest absolute Gasteiger partial charge is 0.122 e. The fourth-order valence-electron chi connectivity index (χ4n) is 2.64. The molecule has 1 saturated heterocycles. The first-order valence-corrected chi connectivity index (χ1v) is 7.18. The molecule has 0 atom stereocenters. The summed E-state index contributed by atoms with van der Waals surface area (Å²) in [5.74, 6) is 1.07. The molecular formula is C15H27N3O. The second kappa shape index (κ2) is 6.07. The Morgan fingerprint density at radius 2 is 1.89 bits per heavy atom. The summed E-state index contributed by atoms with van der Waals surface area (Å²) in [4.78, 5) is 5.08. The van der Waals surface area contributed by atoms with Crippen LogP contribution in [0.2, 0.25) is 0 Å². The van der Waals surface area contributed by atoms with Gasteiger partial charge in [0.25, 0.3) is 0 Å². The molecule has 2 heterocycles.